The Hall–Kier alpha value is -2.65. The van der Waals surface area contributed by atoms with Crippen LogP contribution < -0.4 is 10.6 Å². The van der Waals surface area contributed by atoms with Gasteiger partial charge in [-0.1, -0.05) is 54.6 Å². The molecule has 0 aliphatic rings. The molecule has 2 atom stereocenters. The standard InChI is InChI=1S/C21H22N2O/c1-15(18-13-12-17-8-6-7-9-19(17)14-18)22-16(2)21(24)23-20-10-4-3-5-11-20/h3-16,22H,1-2H3,(H,23,24)/t15-,16+/m1/s1. The van der Waals surface area contributed by atoms with Gasteiger partial charge in [0, 0.05) is 11.7 Å². The molecule has 3 nitrogen and oxygen atoms in total. The maximum Gasteiger partial charge on any atom is 0.241 e. The Balaban J connectivity index is 1.66. The van der Waals surface area contributed by atoms with Crippen LogP contribution >= 0.6 is 0 Å². The van der Waals surface area contributed by atoms with Crippen molar-refractivity contribution in [3.05, 3.63) is 78.4 Å². The van der Waals surface area contributed by atoms with E-state index in [2.05, 4.69) is 47.9 Å². The largest absolute Gasteiger partial charge is 0.325 e. The van der Waals surface area contributed by atoms with E-state index in [1.54, 1.807) is 0 Å². The fraction of sp³-hybridized carbons (Fsp3) is 0.190. The molecule has 3 heteroatoms. The van der Waals surface area contributed by atoms with Gasteiger partial charge in [-0.2, -0.15) is 0 Å². The van der Waals surface area contributed by atoms with E-state index in [-0.39, 0.29) is 18.0 Å². The summed E-state index contributed by atoms with van der Waals surface area (Å²) in [4.78, 5) is 12.3. The van der Waals surface area contributed by atoms with Crippen molar-refractivity contribution in [1.82, 2.24) is 5.32 Å². The lowest BCUT2D eigenvalue weighted by molar-refractivity contribution is -0.117. The van der Waals surface area contributed by atoms with Crippen LogP contribution in [0.25, 0.3) is 10.8 Å². The second-order valence-electron chi connectivity index (χ2n) is 6.07. The van der Waals surface area contributed by atoms with Gasteiger partial charge in [0.1, 0.15) is 0 Å². The Bertz CT molecular complexity index is 829. The lowest BCUT2D eigenvalue weighted by Crippen LogP contribution is -2.39. The van der Waals surface area contributed by atoms with Gasteiger partial charge in [0.2, 0.25) is 5.91 Å². The van der Waals surface area contributed by atoms with Crippen LogP contribution in [0.1, 0.15) is 25.5 Å². The second-order valence-corrected chi connectivity index (χ2v) is 6.07. The van der Waals surface area contributed by atoms with E-state index < -0.39 is 0 Å². The molecular formula is C21H22N2O. The van der Waals surface area contributed by atoms with Gasteiger partial charge in [-0.15, -0.1) is 0 Å². The predicted molar refractivity (Wildman–Crippen MR) is 100 cm³/mol. The lowest BCUT2D eigenvalue weighted by Gasteiger charge is -2.20. The average molecular weight is 318 g/mol. The predicted octanol–water partition coefficient (Wildman–Crippen LogP) is 4.52. The minimum atomic E-state index is -0.285. The third-order valence-corrected chi connectivity index (χ3v) is 4.21. The Morgan fingerprint density at radius 1 is 0.833 bits per heavy atom. The molecule has 3 aromatic rings. The highest BCUT2D eigenvalue weighted by molar-refractivity contribution is 5.94. The van der Waals surface area contributed by atoms with E-state index in [9.17, 15) is 4.79 Å². The Morgan fingerprint density at radius 3 is 2.25 bits per heavy atom. The second kappa shape index (κ2) is 7.28. The zero-order chi connectivity index (χ0) is 16.9. The molecule has 0 heterocycles. The van der Waals surface area contributed by atoms with Gasteiger partial charge < -0.3 is 5.32 Å². The highest BCUT2D eigenvalue weighted by Crippen LogP contribution is 2.20. The molecule has 2 N–H and O–H groups in total. The van der Waals surface area contributed by atoms with Gasteiger partial charge >= 0.3 is 0 Å². The van der Waals surface area contributed by atoms with E-state index in [4.69, 9.17) is 0 Å². The number of amides is 1. The number of hydrogen-bond donors (Lipinski definition) is 2. The Labute approximate surface area is 142 Å². The summed E-state index contributed by atoms with van der Waals surface area (Å²) in [6.45, 7) is 3.96. The first-order valence-corrected chi connectivity index (χ1v) is 8.24. The lowest BCUT2D eigenvalue weighted by atomic mass is 10.0. The van der Waals surface area contributed by atoms with Gasteiger partial charge in [-0.25, -0.2) is 0 Å². The summed E-state index contributed by atoms with van der Waals surface area (Å²) in [6, 6.07) is 24.0. The van der Waals surface area contributed by atoms with Crippen molar-refractivity contribution in [3.8, 4) is 0 Å². The zero-order valence-electron chi connectivity index (χ0n) is 14.0. The van der Waals surface area contributed by atoms with Crippen molar-refractivity contribution in [2.24, 2.45) is 0 Å². The normalized spacial score (nSPS) is 13.4. The first-order valence-electron chi connectivity index (χ1n) is 8.24. The summed E-state index contributed by atoms with van der Waals surface area (Å²) in [5.74, 6) is -0.0335. The number of rotatable bonds is 5. The molecule has 122 valence electrons. The minimum Gasteiger partial charge on any atom is -0.325 e. The maximum atomic E-state index is 12.3. The zero-order valence-corrected chi connectivity index (χ0v) is 14.0. The first-order chi connectivity index (χ1) is 11.6. The smallest absolute Gasteiger partial charge is 0.241 e. The van der Waals surface area contributed by atoms with Crippen LogP contribution in [0, 0.1) is 0 Å². The molecule has 0 saturated heterocycles. The van der Waals surface area contributed by atoms with Crippen molar-refractivity contribution in [3.63, 3.8) is 0 Å². The van der Waals surface area contributed by atoms with Gasteiger partial charge in [0.05, 0.1) is 6.04 Å². The Morgan fingerprint density at radius 2 is 1.50 bits per heavy atom. The highest BCUT2D eigenvalue weighted by Gasteiger charge is 2.16. The molecule has 0 fully saturated rings. The number of hydrogen-bond acceptors (Lipinski definition) is 2. The number of anilines is 1. The van der Waals surface area contributed by atoms with Crippen LogP contribution in [-0.2, 0) is 4.79 Å². The summed E-state index contributed by atoms with van der Waals surface area (Å²) >= 11 is 0. The monoisotopic (exact) mass is 318 g/mol. The molecular weight excluding hydrogens is 296 g/mol. The number of carbonyl (C=O) groups excluding carboxylic acids is 1. The summed E-state index contributed by atoms with van der Waals surface area (Å²) < 4.78 is 0. The number of para-hydroxylation sites is 1. The van der Waals surface area contributed by atoms with Crippen molar-refractivity contribution in [2.75, 3.05) is 5.32 Å². The van der Waals surface area contributed by atoms with Crippen LogP contribution in [-0.4, -0.2) is 11.9 Å². The third-order valence-electron chi connectivity index (χ3n) is 4.21. The Kier molecular flexibility index (Phi) is 4.92. The van der Waals surface area contributed by atoms with Gasteiger partial charge in [0.25, 0.3) is 0 Å². The quantitative estimate of drug-likeness (QED) is 0.726. The fourth-order valence-corrected chi connectivity index (χ4v) is 2.80. The van der Waals surface area contributed by atoms with Crippen LogP contribution in [0.5, 0.6) is 0 Å². The summed E-state index contributed by atoms with van der Waals surface area (Å²) in [5.41, 5.74) is 1.99. The van der Waals surface area contributed by atoms with Crippen LogP contribution in [0.15, 0.2) is 72.8 Å². The van der Waals surface area contributed by atoms with E-state index in [0.29, 0.717) is 0 Å². The molecule has 0 aromatic heterocycles. The van der Waals surface area contributed by atoms with Crippen LogP contribution in [0.2, 0.25) is 0 Å². The number of fused-ring (bicyclic) bond motifs is 1. The van der Waals surface area contributed by atoms with Gasteiger partial charge in [0.15, 0.2) is 0 Å². The molecule has 0 bridgehead atoms. The van der Waals surface area contributed by atoms with E-state index >= 15 is 0 Å². The van der Waals surface area contributed by atoms with E-state index in [1.165, 1.54) is 16.3 Å². The molecule has 3 aromatic carbocycles. The van der Waals surface area contributed by atoms with Crippen molar-refractivity contribution >= 4 is 22.4 Å². The van der Waals surface area contributed by atoms with Crippen molar-refractivity contribution in [2.45, 2.75) is 25.9 Å². The van der Waals surface area contributed by atoms with Crippen molar-refractivity contribution < 1.29 is 4.79 Å². The molecule has 0 aliphatic carbocycles. The van der Waals surface area contributed by atoms with E-state index in [0.717, 1.165) is 5.69 Å². The number of benzene rings is 3. The topological polar surface area (TPSA) is 41.1 Å². The maximum absolute atomic E-state index is 12.3. The molecule has 0 radical (unpaired) electrons. The van der Waals surface area contributed by atoms with Gasteiger partial charge in [-0.3, -0.25) is 10.1 Å². The fourth-order valence-electron chi connectivity index (χ4n) is 2.80. The number of carbonyl (C=O) groups is 1. The average Bonchev–Trinajstić information content (AvgIpc) is 2.62. The summed E-state index contributed by atoms with van der Waals surface area (Å²) in [6.07, 6.45) is 0. The molecule has 0 unspecified atom stereocenters. The number of nitrogens with one attached hydrogen (secondary N) is 2. The molecule has 24 heavy (non-hydrogen) atoms. The molecule has 0 spiro atoms. The summed E-state index contributed by atoms with van der Waals surface area (Å²) in [5, 5.41) is 8.73. The summed E-state index contributed by atoms with van der Waals surface area (Å²) in [7, 11) is 0. The first kappa shape index (κ1) is 16.2. The molecule has 0 saturated carbocycles. The van der Waals surface area contributed by atoms with Crippen LogP contribution in [0.4, 0.5) is 5.69 Å². The van der Waals surface area contributed by atoms with Crippen LogP contribution in [0.3, 0.4) is 0 Å². The van der Waals surface area contributed by atoms with Crippen molar-refractivity contribution in [1.29, 1.82) is 0 Å². The highest BCUT2D eigenvalue weighted by atomic mass is 16.2. The van der Waals surface area contributed by atoms with E-state index in [1.807, 2.05) is 49.4 Å². The SMILES string of the molecule is C[C@H](N[C@H](C)c1ccc2ccccc2c1)C(=O)Nc1ccccc1. The van der Waals surface area contributed by atoms with Gasteiger partial charge in [-0.05, 0) is 48.4 Å². The molecule has 3 rings (SSSR count). The molecule has 0 aliphatic heterocycles. The minimum absolute atomic E-state index is 0.0335. The third kappa shape index (κ3) is 3.81. The molecule has 1 amide bonds.